The number of nitrogens with zero attached hydrogens (tertiary/aromatic N) is 1. The van der Waals surface area contributed by atoms with Crippen LogP contribution in [0.15, 0.2) is 48.5 Å². The van der Waals surface area contributed by atoms with Crippen molar-refractivity contribution in [3.63, 3.8) is 0 Å². The lowest BCUT2D eigenvalue weighted by molar-refractivity contribution is -0.183. The molecule has 4 atom stereocenters. The zero-order valence-corrected chi connectivity index (χ0v) is 20.5. The molecule has 1 N–H and O–H groups in total. The van der Waals surface area contributed by atoms with Gasteiger partial charge in [-0.3, -0.25) is 4.79 Å². The smallest absolute Gasteiger partial charge is 0.252 e. The maximum atomic E-state index is 14.4. The van der Waals surface area contributed by atoms with Crippen LogP contribution in [0.3, 0.4) is 0 Å². The number of hydrogen-bond donors (Lipinski definition) is 1. The van der Waals surface area contributed by atoms with Crippen molar-refractivity contribution in [2.24, 2.45) is 0 Å². The number of benzene rings is 2. The van der Waals surface area contributed by atoms with Crippen LogP contribution in [0, 0.1) is 17.1 Å². The summed E-state index contributed by atoms with van der Waals surface area (Å²) in [6.07, 6.45) is 1.11. The highest BCUT2D eigenvalue weighted by Gasteiger charge is 2.58. The maximum absolute atomic E-state index is 14.4. The Morgan fingerprint density at radius 1 is 1.11 bits per heavy atom. The van der Waals surface area contributed by atoms with Gasteiger partial charge in [-0.25, -0.2) is 4.39 Å². The second-order valence-electron chi connectivity index (χ2n) is 10.3. The molecule has 0 aromatic heterocycles. The lowest BCUT2D eigenvalue weighted by Gasteiger charge is -2.43. The number of hydrogen-bond acceptors (Lipinski definition) is 6. The molecule has 3 fully saturated rings. The molecule has 2 saturated carbocycles. The Morgan fingerprint density at radius 2 is 1.86 bits per heavy atom. The topological polar surface area (TPSA) is 89.8 Å². The summed E-state index contributed by atoms with van der Waals surface area (Å²) >= 11 is 0. The van der Waals surface area contributed by atoms with Crippen LogP contribution >= 0.6 is 0 Å². The SMILES string of the molecule is CC1(C)O[C@H]2[C@H](OCc3ccc(C#N)cc3)C[C@](OCc3ccccc3F)(C(=O)NC3CC3)C[C@H]2O1. The molecule has 1 heterocycles. The standard InChI is InChI=1S/C28H31FN2O5/c1-27(2)35-24-14-28(26(32)31-21-11-12-21,34-17-20-5-3-4-6-22(20)29)13-23(25(24)36-27)33-16-19-9-7-18(15-30)8-10-19/h3-10,21,23-25H,11-14,16-17H2,1-2H3,(H,31,32)/t23-,24-,25+,28-/m1/s1. The Kier molecular flexibility index (Phi) is 6.84. The first-order chi connectivity index (χ1) is 17.3. The number of carbonyl (C=O) groups is 1. The molecule has 7 nitrogen and oxygen atoms in total. The van der Waals surface area contributed by atoms with Crippen LogP contribution in [0.1, 0.15) is 56.2 Å². The van der Waals surface area contributed by atoms with E-state index in [1.54, 1.807) is 30.3 Å². The minimum Gasteiger partial charge on any atom is -0.371 e. The number of carbonyl (C=O) groups excluding carboxylic acids is 1. The van der Waals surface area contributed by atoms with Crippen molar-refractivity contribution in [3.05, 3.63) is 71.0 Å². The summed E-state index contributed by atoms with van der Waals surface area (Å²) < 4.78 is 39.4. The second kappa shape index (κ2) is 9.91. The van der Waals surface area contributed by atoms with Crippen molar-refractivity contribution in [1.29, 1.82) is 5.26 Å². The first-order valence-electron chi connectivity index (χ1n) is 12.4. The van der Waals surface area contributed by atoms with Crippen molar-refractivity contribution in [3.8, 4) is 6.07 Å². The van der Waals surface area contributed by atoms with E-state index in [2.05, 4.69) is 11.4 Å². The molecule has 0 bridgehead atoms. The van der Waals surface area contributed by atoms with Crippen LogP contribution in [0.4, 0.5) is 4.39 Å². The van der Waals surface area contributed by atoms with E-state index in [0.29, 0.717) is 11.1 Å². The van der Waals surface area contributed by atoms with E-state index in [0.717, 1.165) is 18.4 Å². The van der Waals surface area contributed by atoms with Gasteiger partial charge in [-0.05, 0) is 50.5 Å². The first kappa shape index (κ1) is 24.8. The molecule has 0 spiro atoms. The van der Waals surface area contributed by atoms with Gasteiger partial charge in [0.25, 0.3) is 5.91 Å². The second-order valence-corrected chi connectivity index (χ2v) is 10.3. The summed E-state index contributed by atoms with van der Waals surface area (Å²) in [7, 11) is 0. The van der Waals surface area contributed by atoms with Gasteiger partial charge in [0, 0.05) is 24.4 Å². The molecule has 36 heavy (non-hydrogen) atoms. The van der Waals surface area contributed by atoms with E-state index in [9.17, 15) is 9.18 Å². The predicted molar refractivity (Wildman–Crippen MR) is 128 cm³/mol. The Morgan fingerprint density at radius 3 is 2.56 bits per heavy atom. The molecule has 2 aromatic carbocycles. The van der Waals surface area contributed by atoms with E-state index >= 15 is 0 Å². The van der Waals surface area contributed by atoms with Crippen molar-refractivity contribution in [2.75, 3.05) is 0 Å². The number of nitrogens with one attached hydrogen (secondary N) is 1. The van der Waals surface area contributed by atoms with Gasteiger partial charge in [0.2, 0.25) is 0 Å². The quantitative estimate of drug-likeness (QED) is 0.594. The molecular formula is C28H31FN2O5. The molecule has 2 aromatic rings. The number of nitriles is 1. The van der Waals surface area contributed by atoms with Crippen molar-refractivity contribution in [2.45, 2.75) is 88.5 Å². The number of ether oxygens (including phenoxy) is 4. The number of rotatable bonds is 8. The van der Waals surface area contributed by atoms with Gasteiger partial charge in [0.1, 0.15) is 11.9 Å². The third-order valence-electron chi connectivity index (χ3n) is 6.99. The Balaban J connectivity index is 1.40. The summed E-state index contributed by atoms with van der Waals surface area (Å²) in [6, 6.07) is 15.8. The van der Waals surface area contributed by atoms with Gasteiger partial charge in [0.05, 0.1) is 37.1 Å². The average molecular weight is 495 g/mol. The molecule has 190 valence electrons. The summed E-state index contributed by atoms with van der Waals surface area (Å²) in [6.45, 7) is 3.91. The molecule has 1 saturated heterocycles. The van der Waals surface area contributed by atoms with Crippen molar-refractivity contribution >= 4 is 5.91 Å². The van der Waals surface area contributed by atoms with Gasteiger partial charge in [-0.2, -0.15) is 5.26 Å². The minimum atomic E-state index is -1.26. The molecule has 8 heteroatoms. The van der Waals surface area contributed by atoms with E-state index in [-0.39, 0.29) is 49.9 Å². The van der Waals surface area contributed by atoms with Crippen LogP contribution in [-0.4, -0.2) is 41.6 Å². The Bertz CT molecular complexity index is 1140. The number of halogens is 1. The van der Waals surface area contributed by atoms with E-state index < -0.39 is 23.6 Å². The molecular weight excluding hydrogens is 463 g/mol. The van der Waals surface area contributed by atoms with Crippen LogP contribution in [0.2, 0.25) is 0 Å². The van der Waals surface area contributed by atoms with Gasteiger partial charge in [-0.15, -0.1) is 0 Å². The monoisotopic (exact) mass is 494 g/mol. The summed E-state index contributed by atoms with van der Waals surface area (Å²) in [5.41, 5.74) is 0.598. The Labute approximate surface area is 210 Å². The largest absolute Gasteiger partial charge is 0.371 e. The molecule has 1 amide bonds. The van der Waals surface area contributed by atoms with E-state index in [1.165, 1.54) is 6.07 Å². The fourth-order valence-corrected chi connectivity index (χ4v) is 4.96. The average Bonchev–Trinajstić information content (AvgIpc) is 3.62. The lowest BCUT2D eigenvalue weighted by Crippen LogP contribution is -2.60. The highest BCUT2D eigenvalue weighted by Crippen LogP contribution is 2.44. The molecule has 2 aliphatic carbocycles. The third kappa shape index (κ3) is 5.45. The normalized spacial score (nSPS) is 28.8. The number of fused-ring (bicyclic) bond motifs is 1. The van der Waals surface area contributed by atoms with E-state index in [1.807, 2.05) is 26.0 Å². The number of amides is 1. The fraction of sp³-hybridized carbons (Fsp3) is 0.500. The van der Waals surface area contributed by atoms with Crippen LogP contribution < -0.4 is 5.32 Å². The molecule has 1 aliphatic heterocycles. The Hall–Kier alpha value is -2.83. The van der Waals surface area contributed by atoms with Gasteiger partial charge >= 0.3 is 0 Å². The zero-order chi connectivity index (χ0) is 25.3. The fourth-order valence-electron chi connectivity index (χ4n) is 4.96. The predicted octanol–water partition coefficient (Wildman–Crippen LogP) is 4.13. The van der Waals surface area contributed by atoms with Crippen molar-refractivity contribution < 1.29 is 28.1 Å². The summed E-state index contributed by atoms with van der Waals surface area (Å²) in [5, 5.41) is 12.1. The summed E-state index contributed by atoms with van der Waals surface area (Å²) in [4.78, 5) is 13.6. The highest BCUT2D eigenvalue weighted by atomic mass is 19.1. The molecule has 5 rings (SSSR count). The van der Waals surface area contributed by atoms with E-state index in [4.69, 9.17) is 24.2 Å². The zero-order valence-electron chi connectivity index (χ0n) is 20.5. The third-order valence-corrected chi connectivity index (χ3v) is 6.99. The van der Waals surface area contributed by atoms with Crippen LogP contribution in [-0.2, 0) is 37.0 Å². The van der Waals surface area contributed by atoms with Crippen LogP contribution in [0.5, 0.6) is 0 Å². The minimum absolute atomic E-state index is 0.0469. The van der Waals surface area contributed by atoms with Gasteiger partial charge in [-0.1, -0.05) is 30.3 Å². The van der Waals surface area contributed by atoms with Gasteiger partial charge < -0.3 is 24.3 Å². The maximum Gasteiger partial charge on any atom is 0.252 e. The lowest BCUT2D eigenvalue weighted by atomic mass is 9.78. The first-order valence-corrected chi connectivity index (χ1v) is 12.4. The molecule has 3 aliphatic rings. The molecule has 0 radical (unpaired) electrons. The van der Waals surface area contributed by atoms with Gasteiger partial charge in [0.15, 0.2) is 11.4 Å². The highest BCUT2D eigenvalue weighted by molar-refractivity contribution is 5.86. The molecule has 0 unspecified atom stereocenters. The van der Waals surface area contributed by atoms with Crippen molar-refractivity contribution in [1.82, 2.24) is 5.32 Å². The summed E-state index contributed by atoms with van der Waals surface area (Å²) in [5.74, 6) is -1.43. The van der Waals surface area contributed by atoms with Crippen LogP contribution in [0.25, 0.3) is 0 Å².